The number of hydrogen-bond donors (Lipinski definition) is 2. The molecule has 6 nitrogen and oxygen atoms in total. The van der Waals surface area contributed by atoms with Gasteiger partial charge in [-0.25, -0.2) is 0 Å². The molecule has 1 heterocycles. The second kappa shape index (κ2) is 10.1. The maximum Gasteiger partial charge on any atom is 0.229 e. The Balaban J connectivity index is 0.00000338. The normalized spacial score (nSPS) is 18.1. The molecular formula is C19H32IN5O. The van der Waals surface area contributed by atoms with Gasteiger partial charge in [0.15, 0.2) is 5.96 Å². The Labute approximate surface area is 174 Å². The largest absolute Gasteiger partial charge is 0.357 e. The number of guanidine groups is 1. The maximum absolute atomic E-state index is 12.3. The van der Waals surface area contributed by atoms with Gasteiger partial charge in [-0.2, -0.15) is 0 Å². The van der Waals surface area contributed by atoms with Crippen molar-refractivity contribution >= 4 is 41.5 Å². The average Bonchev–Trinajstić information content (AvgIpc) is 2.94. The third-order valence-corrected chi connectivity index (χ3v) is 4.71. The van der Waals surface area contributed by atoms with Crippen molar-refractivity contribution in [3.8, 4) is 0 Å². The predicted molar refractivity (Wildman–Crippen MR) is 119 cm³/mol. The minimum absolute atomic E-state index is 0. The quantitative estimate of drug-likeness (QED) is 0.378. The summed E-state index contributed by atoms with van der Waals surface area (Å²) < 4.78 is 0. The van der Waals surface area contributed by atoms with Crippen molar-refractivity contribution in [3.63, 3.8) is 0 Å². The molecule has 0 saturated carbocycles. The van der Waals surface area contributed by atoms with Gasteiger partial charge in [-0.05, 0) is 47.0 Å². The number of benzene rings is 1. The molecule has 146 valence electrons. The molecule has 1 fully saturated rings. The van der Waals surface area contributed by atoms with E-state index in [0.29, 0.717) is 19.5 Å². The van der Waals surface area contributed by atoms with Crippen LogP contribution in [0.15, 0.2) is 35.3 Å². The van der Waals surface area contributed by atoms with Crippen LogP contribution in [0.4, 0.5) is 5.69 Å². The Morgan fingerprint density at radius 3 is 2.54 bits per heavy atom. The molecule has 1 saturated heterocycles. The lowest BCUT2D eigenvalue weighted by molar-refractivity contribution is -0.117. The van der Waals surface area contributed by atoms with Gasteiger partial charge in [0.2, 0.25) is 5.91 Å². The lowest BCUT2D eigenvalue weighted by atomic mass is 10.1. The van der Waals surface area contributed by atoms with E-state index in [-0.39, 0.29) is 41.5 Å². The van der Waals surface area contributed by atoms with Crippen molar-refractivity contribution in [3.05, 3.63) is 30.3 Å². The van der Waals surface area contributed by atoms with Gasteiger partial charge in [-0.3, -0.25) is 9.79 Å². The topological polar surface area (TPSA) is 60.0 Å². The molecule has 2 N–H and O–H groups in total. The Kier molecular flexibility index (Phi) is 8.82. The van der Waals surface area contributed by atoms with E-state index in [1.54, 1.807) is 0 Å². The molecule has 0 aliphatic carbocycles. The highest BCUT2D eigenvalue weighted by Crippen LogP contribution is 2.21. The fourth-order valence-electron chi connectivity index (χ4n) is 2.59. The van der Waals surface area contributed by atoms with E-state index >= 15 is 0 Å². The average molecular weight is 473 g/mol. The summed E-state index contributed by atoms with van der Waals surface area (Å²) in [5, 5.41) is 6.70. The van der Waals surface area contributed by atoms with Crippen LogP contribution in [-0.4, -0.2) is 62.1 Å². The van der Waals surface area contributed by atoms with Crippen LogP contribution in [0, 0.1) is 0 Å². The SMILES string of the molecule is CCNC(=NCC(C)(C)N(C)C)NC1CC(=O)N(c2ccccc2)C1.I. The smallest absolute Gasteiger partial charge is 0.229 e. The molecule has 1 aliphatic heterocycles. The van der Waals surface area contributed by atoms with E-state index in [0.717, 1.165) is 18.2 Å². The first-order valence-electron chi connectivity index (χ1n) is 8.91. The van der Waals surface area contributed by atoms with Crippen molar-refractivity contribution < 1.29 is 4.79 Å². The summed E-state index contributed by atoms with van der Waals surface area (Å²) in [4.78, 5) is 21.1. The summed E-state index contributed by atoms with van der Waals surface area (Å²) in [5.41, 5.74) is 0.927. The number of rotatable bonds is 6. The fourth-order valence-corrected chi connectivity index (χ4v) is 2.59. The van der Waals surface area contributed by atoms with E-state index in [2.05, 4.69) is 43.5 Å². The third-order valence-electron chi connectivity index (χ3n) is 4.71. The van der Waals surface area contributed by atoms with E-state index in [1.165, 1.54) is 0 Å². The molecule has 1 atom stereocenters. The van der Waals surface area contributed by atoms with Crippen molar-refractivity contribution in [2.24, 2.45) is 4.99 Å². The maximum atomic E-state index is 12.3. The molecule has 0 bridgehead atoms. The van der Waals surface area contributed by atoms with Gasteiger partial charge < -0.3 is 20.4 Å². The minimum atomic E-state index is -0.0239. The monoisotopic (exact) mass is 473 g/mol. The Hall–Kier alpha value is -1.35. The standard InChI is InChI=1S/C19H31N5O.HI/c1-6-20-18(21-14-19(2,3)23(4)5)22-15-12-17(25)24(13-15)16-10-8-7-9-11-16;/h7-11,15H,6,12-14H2,1-5H3,(H2,20,21,22);1H. The van der Waals surface area contributed by atoms with Gasteiger partial charge in [-0.1, -0.05) is 18.2 Å². The molecule has 1 aliphatic rings. The highest BCUT2D eigenvalue weighted by molar-refractivity contribution is 14.0. The summed E-state index contributed by atoms with van der Waals surface area (Å²) in [6.07, 6.45) is 0.483. The number of anilines is 1. The van der Waals surface area contributed by atoms with E-state index < -0.39 is 0 Å². The molecule has 0 spiro atoms. The first-order chi connectivity index (χ1) is 11.8. The lowest BCUT2D eigenvalue weighted by Gasteiger charge is -2.31. The van der Waals surface area contributed by atoms with Gasteiger partial charge in [0.05, 0.1) is 12.6 Å². The van der Waals surface area contributed by atoms with Gasteiger partial charge in [-0.15, -0.1) is 24.0 Å². The highest BCUT2D eigenvalue weighted by atomic mass is 127. The third kappa shape index (κ3) is 6.12. The number of carbonyl (C=O) groups is 1. The number of hydrogen-bond acceptors (Lipinski definition) is 3. The fraction of sp³-hybridized carbons (Fsp3) is 0.579. The first-order valence-corrected chi connectivity index (χ1v) is 8.91. The van der Waals surface area contributed by atoms with Crippen LogP contribution in [0.5, 0.6) is 0 Å². The summed E-state index contributed by atoms with van der Waals surface area (Å²) >= 11 is 0. The molecule has 2 rings (SSSR count). The van der Waals surface area contributed by atoms with Gasteiger partial charge in [0.25, 0.3) is 0 Å². The zero-order valence-corrected chi connectivity index (χ0v) is 18.8. The molecule has 0 aromatic heterocycles. The van der Waals surface area contributed by atoms with Crippen LogP contribution in [0.1, 0.15) is 27.2 Å². The van der Waals surface area contributed by atoms with E-state index in [4.69, 9.17) is 4.99 Å². The number of likely N-dealkylation sites (N-methyl/N-ethyl adjacent to an activating group) is 1. The second-order valence-electron chi connectivity index (χ2n) is 7.29. The van der Waals surface area contributed by atoms with Crippen LogP contribution in [0.25, 0.3) is 0 Å². The summed E-state index contributed by atoms with van der Waals surface area (Å²) in [5.74, 6) is 0.915. The number of nitrogens with zero attached hydrogens (tertiary/aromatic N) is 3. The Morgan fingerprint density at radius 2 is 1.96 bits per heavy atom. The molecule has 0 radical (unpaired) electrons. The second-order valence-corrected chi connectivity index (χ2v) is 7.29. The van der Waals surface area contributed by atoms with Crippen LogP contribution in [0.3, 0.4) is 0 Å². The Morgan fingerprint density at radius 1 is 1.31 bits per heavy atom. The highest BCUT2D eigenvalue weighted by Gasteiger charge is 2.31. The summed E-state index contributed by atoms with van der Waals surface area (Å²) in [7, 11) is 4.12. The van der Waals surface area contributed by atoms with Crippen LogP contribution in [0.2, 0.25) is 0 Å². The number of carbonyl (C=O) groups excluding carboxylic acids is 1. The van der Waals surface area contributed by atoms with E-state index in [9.17, 15) is 4.79 Å². The number of amides is 1. The zero-order valence-electron chi connectivity index (χ0n) is 16.5. The van der Waals surface area contributed by atoms with Gasteiger partial charge >= 0.3 is 0 Å². The molecular weight excluding hydrogens is 441 g/mol. The van der Waals surface area contributed by atoms with Crippen LogP contribution < -0.4 is 15.5 Å². The Bertz CT molecular complexity index is 603. The summed E-state index contributed by atoms with van der Waals surface area (Å²) in [6, 6.07) is 9.88. The molecule has 1 unspecified atom stereocenters. The van der Waals surface area contributed by atoms with Crippen LogP contribution in [-0.2, 0) is 4.79 Å². The van der Waals surface area contributed by atoms with E-state index in [1.807, 2.05) is 42.2 Å². The molecule has 7 heteroatoms. The van der Waals surface area contributed by atoms with Crippen molar-refractivity contribution in [2.45, 2.75) is 38.8 Å². The van der Waals surface area contributed by atoms with Gasteiger partial charge in [0.1, 0.15) is 0 Å². The predicted octanol–water partition coefficient (Wildman–Crippen LogP) is 2.31. The number of nitrogens with one attached hydrogen (secondary N) is 2. The minimum Gasteiger partial charge on any atom is -0.357 e. The van der Waals surface area contributed by atoms with Crippen LogP contribution >= 0.6 is 24.0 Å². The van der Waals surface area contributed by atoms with Gasteiger partial charge in [0, 0.05) is 30.7 Å². The first kappa shape index (κ1) is 22.7. The number of para-hydroxylation sites is 1. The molecule has 1 aromatic rings. The van der Waals surface area contributed by atoms with Crippen molar-refractivity contribution in [1.29, 1.82) is 0 Å². The lowest BCUT2D eigenvalue weighted by Crippen LogP contribution is -2.47. The summed E-state index contributed by atoms with van der Waals surface area (Å²) in [6.45, 7) is 8.50. The number of aliphatic imine (C=N–C) groups is 1. The zero-order chi connectivity index (χ0) is 18.4. The molecule has 1 aromatic carbocycles. The number of halogens is 1. The van der Waals surface area contributed by atoms with Crippen molar-refractivity contribution in [2.75, 3.05) is 38.6 Å². The van der Waals surface area contributed by atoms with Crippen molar-refractivity contribution in [1.82, 2.24) is 15.5 Å². The molecule has 26 heavy (non-hydrogen) atoms. The molecule has 1 amide bonds.